The van der Waals surface area contributed by atoms with E-state index in [2.05, 4.69) is 15.4 Å². The van der Waals surface area contributed by atoms with E-state index < -0.39 is 0 Å². The summed E-state index contributed by atoms with van der Waals surface area (Å²) in [5, 5.41) is 7.91. The number of para-hydroxylation sites is 1. The van der Waals surface area contributed by atoms with Gasteiger partial charge in [0.2, 0.25) is 0 Å². The fourth-order valence-electron chi connectivity index (χ4n) is 2.43. The van der Waals surface area contributed by atoms with Gasteiger partial charge in [-0.2, -0.15) is 5.10 Å². The van der Waals surface area contributed by atoms with Gasteiger partial charge >= 0.3 is 0 Å². The molecule has 0 bridgehead atoms. The van der Waals surface area contributed by atoms with Gasteiger partial charge in [-0.1, -0.05) is 26.0 Å². The number of hydrogen-bond acceptors (Lipinski definition) is 3. The first-order valence-corrected chi connectivity index (χ1v) is 7.68. The van der Waals surface area contributed by atoms with Crippen LogP contribution in [0, 0.1) is 5.82 Å². The summed E-state index contributed by atoms with van der Waals surface area (Å²) in [6, 6.07) is 5.80. The quantitative estimate of drug-likeness (QED) is 0.889. The Hall–Kier alpha value is -1.75. The second kappa shape index (κ2) is 5.93. The van der Waals surface area contributed by atoms with Crippen molar-refractivity contribution >= 4 is 0 Å². The minimum atomic E-state index is -0.243. The largest absolute Gasteiger partial charge is 0.310 e. The fourth-order valence-corrected chi connectivity index (χ4v) is 2.43. The Morgan fingerprint density at radius 1 is 1.29 bits per heavy atom. The minimum absolute atomic E-state index is 0.243. The maximum absolute atomic E-state index is 14.4. The molecule has 112 valence electrons. The molecule has 5 heteroatoms. The van der Waals surface area contributed by atoms with Crippen molar-refractivity contribution in [2.24, 2.45) is 0 Å². The van der Waals surface area contributed by atoms with E-state index >= 15 is 0 Å². The van der Waals surface area contributed by atoms with Crippen molar-refractivity contribution in [2.75, 3.05) is 0 Å². The predicted octanol–water partition coefficient (Wildman–Crippen LogP) is 2.78. The van der Waals surface area contributed by atoms with Gasteiger partial charge in [0.25, 0.3) is 0 Å². The van der Waals surface area contributed by atoms with Crippen molar-refractivity contribution in [1.82, 2.24) is 20.1 Å². The molecule has 1 aromatic heterocycles. The molecule has 0 aliphatic heterocycles. The molecule has 1 aliphatic rings. The molecule has 1 heterocycles. The topological polar surface area (TPSA) is 42.7 Å². The summed E-state index contributed by atoms with van der Waals surface area (Å²) in [5.74, 6) is 1.33. The van der Waals surface area contributed by atoms with E-state index in [4.69, 9.17) is 0 Å². The molecular weight excluding hydrogens is 267 g/mol. The van der Waals surface area contributed by atoms with Gasteiger partial charge in [0.05, 0.1) is 0 Å². The number of nitrogens with one attached hydrogen (secondary N) is 1. The first-order chi connectivity index (χ1) is 10.2. The number of hydrogen-bond donors (Lipinski definition) is 1. The van der Waals surface area contributed by atoms with Gasteiger partial charge in [0.15, 0.2) is 5.82 Å². The highest BCUT2D eigenvalue weighted by Gasteiger charge is 2.22. The summed E-state index contributed by atoms with van der Waals surface area (Å²) >= 11 is 0. The lowest BCUT2D eigenvalue weighted by Crippen LogP contribution is -2.18. The average molecular weight is 288 g/mol. The molecule has 0 spiro atoms. The Kier molecular flexibility index (Phi) is 4.01. The van der Waals surface area contributed by atoms with E-state index in [0.717, 1.165) is 30.1 Å². The van der Waals surface area contributed by atoms with E-state index in [1.54, 1.807) is 10.7 Å². The van der Waals surface area contributed by atoms with E-state index in [1.165, 1.54) is 18.9 Å². The highest BCUT2D eigenvalue weighted by molar-refractivity contribution is 5.42. The van der Waals surface area contributed by atoms with Gasteiger partial charge in [0, 0.05) is 25.4 Å². The van der Waals surface area contributed by atoms with Crippen LogP contribution in [-0.4, -0.2) is 20.8 Å². The van der Waals surface area contributed by atoms with Crippen LogP contribution in [0.5, 0.6) is 0 Å². The van der Waals surface area contributed by atoms with Crippen molar-refractivity contribution in [1.29, 1.82) is 0 Å². The Labute approximate surface area is 124 Å². The molecule has 0 saturated heterocycles. The van der Waals surface area contributed by atoms with Gasteiger partial charge < -0.3 is 5.32 Å². The number of rotatable bonds is 6. The van der Waals surface area contributed by atoms with Gasteiger partial charge in [-0.05, 0) is 24.5 Å². The molecule has 1 aromatic carbocycles. The third kappa shape index (κ3) is 2.97. The zero-order valence-corrected chi connectivity index (χ0v) is 12.6. The van der Waals surface area contributed by atoms with Crippen molar-refractivity contribution in [3.8, 4) is 5.69 Å². The first kappa shape index (κ1) is 14.2. The number of halogens is 1. The Morgan fingerprint density at radius 2 is 2.10 bits per heavy atom. The maximum Gasteiger partial charge on any atom is 0.151 e. The average Bonchev–Trinajstić information content (AvgIpc) is 3.23. The van der Waals surface area contributed by atoms with Crippen LogP contribution in [0.3, 0.4) is 0 Å². The van der Waals surface area contributed by atoms with Crippen LogP contribution < -0.4 is 5.32 Å². The van der Waals surface area contributed by atoms with E-state index in [9.17, 15) is 4.39 Å². The molecule has 0 unspecified atom stereocenters. The zero-order valence-electron chi connectivity index (χ0n) is 12.6. The van der Waals surface area contributed by atoms with Crippen LogP contribution in [0.1, 0.15) is 43.9 Å². The second-order valence-corrected chi connectivity index (χ2v) is 5.47. The van der Waals surface area contributed by atoms with Crippen LogP contribution >= 0.6 is 0 Å². The van der Waals surface area contributed by atoms with Crippen molar-refractivity contribution < 1.29 is 4.39 Å². The molecule has 0 amide bonds. The highest BCUT2D eigenvalue weighted by atomic mass is 19.1. The molecular formula is C16H21FN4. The summed E-state index contributed by atoms with van der Waals surface area (Å²) in [4.78, 5) is 4.48. The Bertz CT molecular complexity index is 631. The summed E-state index contributed by atoms with van der Waals surface area (Å²) < 4.78 is 16.1. The summed E-state index contributed by atoms with van der Waals surface area (Å²) in [5.41, 5.74) is 1.47. The standard InChI is InChI=1S/C16H21FN4/c1-3-14-19-15(4-2)21(20-14)16-11(6-5-7-13(16)17)10-18-12-8-9-12/h5-7,12,18H,3-4,8-10H2,1-2H3. The number of aromatic nitrogens is 3. The van der Waals surface area contributed by atoms with E-state index in [-0.39, 0.29) is 5.82 Å². The molecule has 3 rings (SSSR count). The second-order valence-electron chi connectivity index (χ2n) is 5.47. The number of nitrogens with zero attached hydrogens (tertiary/aromatic N) is 3. The Morgan fingerprint density at radius 3 is 2.76 bits per heavy atom. The normalized spacial score (nSPS) is 14.6. The number of benzene rings is 1. The third-order valence-electron chi connectivity index (χ3n) is 3.79. The SMILES string of the molecule is CCc1nc(CC)n(-c2c(F)cccc2CNC2CC2)n1. The summed E-state index contributed by atoms with van der Waals surface area (Å²) in [6.45, 7) is 4.70. The van der Waals surface area contributed by atoms with Crippen molar-refractivity contribution in [3.05, 3.63) is 41.2 Å². The fraction of sp³-hybridized carbons (Fsp3) is 0.500. The van der Waals surface area contributed by atoms with Crippen LogP contribution in [0.25, 0.3) is 5.69 Å². The van der Waals surface area contributed by atoms with Gasteiger partial charge in [0.1, 0.15) is 17.3 Å². The van der Waals surface area contributed by atoms with Crippen molar-refractivity contribution in [2.45, 2.75) is 52.1 Å². The first-order valence-electron chi connectivity index (χ1n) is 7.68. The van der Waals surface area contributed by atoms with Crippen molar-refractivity contribution in [3.63, 3.8) is 0 Å². The minimum Gasteiger partial charge on any atom is -0.310 e. The molecule has 1 N–H and O–H groups in total. The van der Waals surface area contributed by atoms with Crippen LogP contribution in [-0.2, 0) is 19.4 Å². The molecule has 0 radical (unpaired) electrons. The van der Waals surface area contributed by atoms with E-state index in [1.807, 2.05) is 19.9 Å². The molecule has 4 nitrogen and oxygen atoms in total. The molecule has 21 heavy (non-hydrogen) atoms. The van der Waals surface area contributed by atoms with Crippen LogP contribution in [0.4, 0.5) is 4.39 Å². The lowest BCUT2D eigenvalue weighted by atomic mass is 10.1. The number of aryl methyl sites for hydroxylation is 2. The molecule has 1 aliphatic carbocycles. The molecule has 1 fully saturated rings. The van der Waals surface area contributed by atoms with Crippen LogP contribution in [0.15, 0.2) is 18.2 Å². The van der Waals surface area contributed by atoms with E-state index in [0.29, 0.717) is 18.3 Å². The summed E-state index contributed by atoms with van der Waals surface area (Å²) in [7, 11) is 0. The molecule has 0 atom stereocenters. The van der Waals surface area contributed by atoms with Gasteiger partial charge in [-0.15, -0.1) is 0 Å². The highest BCUT2D eigenvalue weighted by Crippen LogP contribution is 2.23. The maximum atomic E-state index is 14.4. The summed E-state index contributed by atoms with van der Waals surface area (Å²) in [6.07, 6.45) is 3.92. The third-order valence-corrected chi connectivity index (χ3v) is 3.79. The van der Waals surface area contributed by atoms with Gasteiger partial charge in [-0.25, -0.2) is 14.1 Å². The van der Waals surface area contributed by atoms with Gasteiger partial charge in [-0.3, -0.25) is 0 Å². The molecule has 1 saturated carbocycles. The zero-order chi connectivity index (χ0) is 14.8. The smallest absolute Gasteiger partial charge is 0.151 e. The lowest BCUT2D eigenvalue weighted by Gasteiger charge is -2.12. The monoisotopic (exact) mass is 288 g/mol. The molecule has 2 aromatic rings. The predicted molar refractivity (Wildman–Crippen MR) is 79.9 cm³/mol. The van der Waals surface area contributed by atoms with Crippen LogP contribution in [0.2, 0.25) is 0 Å². The Balaban J connectivity index is 2.00. The lowest BCUT2D eigenvalue weighted by molar-refractivity contribution is 0.594.